The zero-order valence-corrected chi connectivity index (χ0v) is 16.2. The molecule has 0 fully saturated rings. The van der Waals surface area contributed by atoms with Crippen LogP contribution in [0.15, 0.2) is 26.3 Å². The number of nitrogens with one attached hydrogen (secondary N) is 2. The second-order valence-electron chi connectivity index (χ2n) is 5.25. The molecule has 0 saturated heterocycles. The number of fused-ring (bicyclic) bond motifs is 1. The van der Waals surface area contributed by atoms with Gasteiger partial charge >= 0.3 is 5.69 Å². The molecule has 1 aromatic heterocycles. The number of sulfonamides is 1. The van der Waals surface area contributed by atoms with E-state index in [1.165, 1.54) is 30.7 Å². The van der Waals surface area contributed by atoms with Gasteiger partial charge in [-0.1, -0.05) is 0 Å². The highest BCUT2D eigenvalue weighted by Crippen LogP contribution is 2.28. The molecule has 0 amide bonds. The van der Waals surface area contributed by atoms with Crippen LogP contribution >= 0.6 is 15.9 Å². The van der Waals surface area contributed by atoms with Crippen LogP contribution in [-0.4, -0.2) is 68.0 Å². The van der Waals surface area contributed by atoms with E-state index >= 15 is 0 Å². The van der Waals surface area contributed by atoms with E-state index in [4.69, 9.17) is 14.6 Å². The predicted octanol–water partition coefficient (Wildman–Crippen LogP) is 0.611. The Hall–Kier alpha value is -1.24. The van der Waals surface area contributed by atoms with Gasteiger partial charge in [-0.2, -0.15) is 4.31 Å². The molecule has 0 radical (unpaired) electrons. The van der Waals surface area contributed by atoms with Crippen molar-refractivity contribution in [2.75, 3.05) is 33.9 Å². The third-order valence-electron chi connectivity index (χ3n) is 3.63. The summed E-state index contributed by atoms with van der Waals surface area (Å²) in [6.07, 6.45) is -0.483. The number of imidazole rings is 1. The number of methoxy groups -OCH3 is 2. The van der Waals surface area contributed by atoms with Gasteiger partial charge in [0.2, 0.25) is 10.0 Å². The highest BCUT2D eigenvalue weighted by Gasteiger charge is 2.29. The number of hydrogen-bond donors (Lipinski definition) is 3. The van der Waals surface area contributed by atoms with E-state index in [9.17, 15) is 13.2 Å². The van der Waals surface area contributed by atoms with Crippen LogP contribution in [-0.2, 0) is 19.5 Å². The first-order valence-corrected chi connectivity index (χ1v) is 9.65. The molecule has 140 valence electrons. The van der Waals surface area contributed by atoms with Crippen molar-refractivity contribution in [1.82, 2.24) is 14.3 Å². The molecule has 2 aromatic rings. The summed E-state index contributed by atoms with van der Waals surface area (Å²) >= 11 is 3.25. The fraction of sp³-hybridized carbons (Fsp3) is 0.500. The molecule has 0 spiro atoms. The van der Waals surface area contributed by atoms with Crippen molar-refractivity contribution < 1.29 is 23.0 Å². The van der Waals surface area contributed by atoms with Gasteiger partial charge in [-0.3, -0.25) is 0 Å². The second kappa shape index (κ2) is 8.43. The third kappa shape index (κ3) is 4.49. The summed E-state index contributed by atoms with van der Waals surface area (Å²) in [5, 5.41) is 9.06. The molecular formula is C14H20BrN3O6S. The largest absolute Gasteiger partial charge is 0.396 e. The van der Waals surface area contributed by atoms with E-state index in [0.717, 1.165) is 0 Å². The van der Waals surface area contributed by atoms with Crippen molar-refractivity contribution in [3.05, 3.63) is 27.1 Å². The van der Waals surface area contributed by atoms with Crippen molar-refractivity contribution in [3.63, 3.8) is 0 Å². The van der Waals surface area contributed by atoms with Crippen LogP contribution in [0.4, 0.5) is 0 Å². The second-order valence-corrected chi connectivity index (χ2v) is 8.01. The van der Waals surface area contributed by atoms with Gasteiger partial charge in [0.15, 0.2) is 6.29 Å². The summed E-state index contributed by atoms with van der Waals surface area (Å²) in [6, 6.07) is 2.90. The minimum absolute atomic E-state index is 0.000791. The van der Waals surface area contributed by atoms with Crippen LogP contribution in [0.5, 0.6) is 0 Å². The third-order valence-corrected chi connectivity index (χ3v) is 6.45. The molecule has 0 bridgehead atoms. The molecular weight excluding hydrogens is 418 g/mol. The van der Waals surface area contributed by atoms with Crippen LogP contribution in [0.2, 0.25) is 0 Å². The molecule has 25 heavy (non-hydrogen) atoms. The maximum Gasteiger partial charge on any atom is 0.323 e. The summed E-state index contributed by atoms with van der Waals surface area (Å²) in [7, 11) is -1.09. The SMILES string of the molecule is COC(CN(CCCO)S(=O)(=O)c1cc2[nH]c(=O)[nH]c2cc1Br)OC. The first-order chi connectivity index (χ1) is 11.8. The number of H-pyrrole nitrogens is 2. The molecule has 3 N–H and O–H groups in total. The minimum atomic E-state index is -3.92. The van der Waals surface area contributed by atoms with Crippen molar-refractivity contribution in [2.45, 2.75) is 17.6 Å². The molecule has 0 aliphatic heterocycles. The summed E-state index contributed by atoms with van der Waals surface area (Å²) in [5.74, 6) is 0. The van der Waals surface area contributed by atoms with E-state index < -0.39 is 22.0 Å². The van der Waals surface area contributed by atoms with Gasteiger partial charge < -0.3 is 24.5 Å². The number of hydrogen-bond acceptors (Lipinski definition) is 6. The average Bonchev–Trinajstić information content (AvgIpc) is 2.93. The number of halogens is 1. The highest BCUT2D eigenvalue weighted by molar-refractivity contribution is 9.10. The summed E-state index contributed by atoms with van der Waals surface area (Å²) in [6.45, 7) is -0.0956. The Kier molecular flexibility index (Phi) is 6.77. The highest BCUT2D eigenvalue weighted by atomic mass is 79.9. The topological polar surface area (TPSA) is 125 Å². The Morgan fingerprint density at radius 3 is 2.40 bits per heavy atom. The molecule has 0 aliphatic carbocycles. The maximum absolute atomic E-state index is 13.1. The van der Waals surface area contributed by atoms with Gasteiger partial charge in [-0.05, 0) is 34.5 Å². The molecule has 1 heterocycles. The quantitative estimate of drug-likeness (QED) is 0.493. The molecule has 1 aromatic carbocycles. The maximum atomic E-state index is 13.1. The van der Waals surface area contributed by atoms with Gasteiger partial charge in [0.25, 0.3) is 0 Å². The zero-order chi connectivity index (χ0) is 18.6. The normalized spacial score (nSPS) is 12.6. The van der Waals surface area contributed by atoms with Gasteiger partial charge in [0, 0.05) is 31.8 Å². The van der Waals surface area contributed by atoms with Gasteiger partial charge in [-0.25, -0.2) is 13.2 Å². The number of aliphatic hydroxyl groups is 1. The van der Waals surface area contributed by atoms with Gasteiger partial charge in [-0.15, -0.1) is 0 Å². The lowest BCUT2D eigenvalue weighted by atomic mass is 10.3. The fourth-order valence-electron chi connectivity index (χ4n) is 2.34. The predicted molar refractivity (Wildman–Crippen MR) is 94.9 cm³/mol. The number of benzene rings is 1. The van der Waals surface area contributed by atoms with Crippen molar-refractivity contribution >= 4 is 37.0 Å². The van der Waals surface area contributed by atoms with Crippen molar-refractivity contribution in [2.24, 2.45) is 0 Å². The number of aliphatic hydroxyl groups excluding tert-OH is 1. The smallest absolute Gasteiger partial charge is 0.323 e. The summed E-state index contributed by atoms with van der Waals surface area (Å²) in [4.78, 5) is 16.5. The first kappa shape index (κ1) is 20.1. The molecule has 0 unspecified atom stereocenters. The standard InChI is InChI=1S/C14H20BrN3O6S/c1-23-13(24-2)8-18(4-3-5-19)25(21,22)12-7-11-10(6-9(12)15)16-14(20)17-11/h6-7,13,19H,3-5,8H2,1-2H3,(H2,16,17,20). The molecule has 2 rings (SSSR count). The number of nitrogens with zero attached hydrogens (tertiary/aromatic N) is 1. The van der Waals surface area contributed by atoms with Crippen LogP contribution in [0.3, 0.4) is 0 Å². The summed E-state index contributed by atoms with van der Waals surface area (Å²) < 4.78 is 37.8. The van der Waals surface area contributed by atoms with Crippen molar-refractivity contribution in [3.8, 4) is 0 Å². The van der Waals surface area contributed by atoms with E-state index in [1.807, 2.05) is 0 Å². The zero-order valence-electron chi connectivity index (χ0n) is 13.8. The molecule has 0 aliphatic rings. The van der Waals surface area contributed by atoms with E-state index in [-0.39, 0.29) is 31.0 Å². The Bertz CT molecular complexity index is 874. The summed E-state index contributed by atoms with van der Waals surface area (Å²) in [5.41, 5.74) is 0.445. The van der Waals surface area contributed by atoms with E-state index in [1.54, 1.807) is 0 Å². The van der Waals surface area contributed by atoms with Gasteiger partial charge in [0.05, 0.1) is 22.5 Å². The lowest BCUT2D eigenvalue weighted by Crippen LogP contribution is -2.40. The Morgan fingerprint density at radius 1 is 1.24 bits per heavy atom. The van der Waals surface area contributed by atoms with Crippen LogP contribution < -0.4 is 5.69 Å². The number of ether oxygens (including phenoxy) is 2. The van der Waals surface area contributed by atoms with E-state index in [2.05, 4.69) is 25.9 Å². The van der Waals surface area contributed by atoms with Crippen LogP contribution in [0.25, 0.3) is 11.0 Å². The van der Waals surface area contributed by atoms with Gasteiger partial charge in [0.1, 0.15) is 0 Å². The van der Waals surface area contributed by atoms with Crippen LogP contribution in [0, 0.1) is 0 Å². The number of aromatic amines is 2. The average molecular weight is 438 g/mol. The molecule has 0 atom stereocenters. The Labute approximate surface area is 153 Å². The number of aromatic nitrogens is 2. The molecule has 9 nitrogen and oxygen atoms in total. The molecule has 11 heteroatoms. The monoisotopic (exact) mass is 437 g/mol. The van der Waals surface area contributed by atoms with Crippen LogP contribution in [0.1, 0.15) is 6.42 Å². The number of rotatable bonds is 9. The lowest BCUT2D eigenvalue weighted by Gasteiger charge is -2.26. The Morgan fingerprint density at radius 2 is 1.84 bits per heavy atom. The lowest BCUT2D eigenvalue weighted by molar-refractivity contribution is -0.108. The Balaban J connectivity index is 2.47. The molecule has 0 saturated carbocycles. The first-order valence-electron chi connectivity index (χ1n) is 7.41. The fourth-order valence-corrected chi connectivity index (χ4v) is 4.84. The van der Waals surface area contributed by atoms with Crippen molar-refractivity contribution in [1.29, 1.82) is 0 Å². The minimum Gasteiger partial charge on any atom is -0.396 e. The van der Waals surface area contributed by atoms with E-state index in [0.29, 0.717) is 15.5 Å².